The number of amides is 1. The average Bonchev–Trinajstić information content (AvgIpc) is 2.51. The number of carbonyl (C=O) groups is 1. The summed E-state index contributed by atoms with van der Waals surface area (Å²) in [6.45, 7) is 0.771. The van der Waals surface area contributed by atoms with Crippen molar-refractivity contribution in [2.45, 2.75) is 51.0 Å². The number of carbonyl (C=O) groups excluding carboxylic acids is 1. The highest BCUT2D eigenvalue weighted by Gasteiger charge is 2.49. The van der Waals surface area contributed by atoms with Crippen LogP contribution in [-0.2, 0) is 4.79 Å². The summed E-state index contributed by atoms with van der Waals surface area (Å²) < 4.78 is 0. The van der Waals surface area contributed by atoms with Gasteiger partial charge in [0.2, 0.25) is 5.91 Å². The average molecular weight is 270 g/mol. The lowest BCUT2D eigenvalue weighted by atomic mass is 9.67. The van der Waals surface area contributed by atoms with Gasteiger partial charge >= 0.3 is 0 Å². The Morgan fingerprint density at radius 3 is 2.56 bits per heavy atom. The Morgan fingerprint density at radius 1 is 1.33 bits per heavy atom. The summed E-state index contributed by atoms with van der Waals surface area (Å²) in [5.74, 6) is 0.0576. The minimum Gasteiger partial charge on any atom is -0.394 e. The third kappa shape index (κ3) is 2.26. The van der Waals surface area contributed by atoms with Crippen molar-refractivity contribution in [3.8, 4) is 0 Å². The van der Waals surface area contributed by atoms with Crippen LogP contribution in [0.25, 0.3) is 0 Å². The molecule has 2 fully saturated rings. The predicted molar refractivity (Wildman–Crippen MR) is 74.1 cm³/mol. The van der Waals surface area contributed by atoms with E-state index < -0.39 is 5.41 Å². The van der Waals surface area contributed by atoms with Crippen LogP contribution in [0, 0.1) is 5.41 Å². The fourth-order valence-electron chi connectivity index (χ4n) is 3.01. The third-order valence-corrected chi connectivity index (χ3v) is 4.83. The van der Waals surface area contributed by atoms with E-state index in [0.29, 0.717) is 4.99 Å². The van der Waals surface area contributed by atoms with Gasteiger partial charge in [-0.25, -0.2) is 0 Å². The summed E-state index contributed by atoms with van der Waals surface area (Å²) in [5, 5.41) is 9.47. The molecular weight excluding hydrogens is 248 g/mol. The maximum absolute atomic E-state index is 12.7. The molecule has 5 heteroatoms. The molecule has 0 aromatic heterocycles. The van der Waals surface area contributed by atoms with Crippen LogP contribution in [0.4, 0.5) is 0 Å². The van der Waals surface area contributed by atoms with Gasteiger partial charge in [-0.1, -0.05) is 31.5 Å². The van der Waals surface area contributed by atoms with E-state index in [0.717, 1.165) is 51.5 Å². The van der Waals surface area contributed by atoms with E-state index in [2.05, 4.69) is 0 Å². The van der Waals surface area contributed by atoms with Crippen LogP contribution in [0.5, 0.6) is 0 Å². The predicted octanol–water partition coefficient (Wildman–Crippen LogP) is 1.21. The van der Waals surface area contributed by atoms with E-state index in [9.17, 15) is 9.90 Å². The summed E-state index contributed by atoms with van der Waals surface area (Å²) >= 11 is 5.10. The molecule has 1 unspecified atom stereocenters. The van der Waals surface area contributed by atoms with Crippen LogP contribution in [0.2, 0.25) is 0 Å². The van der Waals surface area contributed by atoms with Crippen molar-refractivity contribution < 1.29 is 9.90 Å². The molecule has 18 heavy (non-hydrogen) atoms. The molecule has 1 aliphatic carbocycles. The number of aliphatic hydroxyl groups is 1. The zero-order chi connectivity index (χ0) is 13.2. The molecule has 2 aliphatic rings. The SMILES string of the molecule is NC(=S)C1(C(=O)N2CCCCCC2CO)CCC1. The molecule has 3 N–H and O–H groups in total. The summed E-state index contributed by atoms with van der Waals surface area (Å²) in [4.78, 5) is 14.9. The minimum absolute atomic E-state index is 0.0408. The van der Waals surface area contributed by atoms with Gasteiger partial charge < -0.3 is 15.7 Å². The van der Waals surface area contributed by atoms with Crippen molar-refractivity contribution in [3.05, 3.63) is 0 Å². The molecule has 2 rings (SSSR count). The van der Waals surface area contributed by atoms with Crippen LogP contribution in [0.1, 0.15) is 44.9 Å². The first kappa shape index (κ1) is 13.7. The highest BCUT2D eigenvalue weighted by molar-refractivity contribution is 7.80. The van der Waals surface area contributed by atoms with Crippen LogP contribution >= 0.6 is 12.2 Å². The van der Waals surface area contributed by atoms with Gasteiger partial charge in [0, 0.05) is 6.54 Å². The van der Waals surface area contributed by atoms with Crippen LogP contribution < -0.4 is 5.73 Å². The molecule has 0 aromatic rings. The van der Waals surface area contributed by atoms with Crippen LogP contribution in [0.15, 0.2) is 0 Å². The first-order chi connectivity index (χ1) is 8.62. The Morgan fingerprint density at radius 2 is 2.06 bits per heavy atom. The van der Waals surface area contributed by atoms with E-state index in [1.54, 1.807) is 0 Å². The molecule has 1 heterocycles. The van der Waals surface area contributed by atoms with Gasteiger partial charge in [0.05, 0.1) is 23.1 Å². The number of hydrogen-bond acceptors (Lipinski definition) is 3. The molecule has 0 bridgehead atoms. The smallest absolute Gasteiger partial charge is 0.235 e. The molecule has 4 nitrogen and oxygen atoms in total. The molecule has 1 aliphatic heterocycles. The number of likely N-dealkylation sites (tertiary alicyclic amines) is 1. The number of hydrogen-bond donors (Lipinski definition) is 2. The van der Waals surface area contributed by atoms with Crippen molar-refractivity contribution in [2.24, 2.45) is 11.1 Å². The highest BCUT2D eigenvalue weighted by atomic mass is 32.1. The Bertz CT molecular complexity index is 342. The molecular formula is C13H22N2O2S. The minimum atomic E-state index is -0.604. The van der Waals surface area contributed by atoms with Gasteiger partial charge in [-0.05, 0) is 25.7 Å². The molecule has 1 saturated heterocycles. The van der Waals surface area contributed by atoms with E-state index in [4.69, 9.17) is 18.0 Å². The maximum atomic E-state index is 12.7. The number of thiocarbonyl (C=S) groups is 1. The van der Waals surface area contributed by atoms with Gasteiger partial charge in [-0.15, -0.1) is 0 Å². The summed E-state index contributed by atoms with van der Waals surface area (Å²) in [6, 6.07) is -0.0492. The molecule has 102 valence electrons. The lowest BCUT2D eigenvalue weighted by Gasteiger charge is -2.44. The summed E-state index contributed by atoms with van der Waals surface area (Å²) in [6.07, 6.45) is 6.66. The number of nitrogens with two attached hydrogens (primary N) is 1. The van der Waals surface area contributed by atoms with E-state index >= 15 is 0 Å². The lowest BCUT2D eigenvalue weighted by Crippen LogP contribution is -2.57. The van der Waals surface area contributed by atoms with Crippen molar-refractivity contribution >= 4 is 23.1 Å². The first-order valence-corrected chi connectivity index (χ1v) is 7.24. The Kier molecular flexibility index (Phi) is 4.22. The second-order valence-electron chi connectivity index (χ2n) is 5.48. The second-order valence-corrected chi connectivity index (χ2v) is 5.92. The zero-order valence-electron chi connectivity index (χ0n) is 10.7. The molecule has 0 radical (unpaired) electrons. The van der Waals surface area contributed by atoms with E-state index in [1.807, 2.05) is 4.90 Å². The molecule has 0 aromatic carbocycles. The largest absolute Gasteiger partial charge is 0.394 e. The Hall–Kier alpha value is -0.680. The van der Waals surface area contributed by atoms with E-state index in [1.165, 1.54) is 0 Å². The number of rotatable bonds is 3. The quantitative estimate of drug-likeness (QED) is 0.756. The Balaban J connectivity index is 2.17. The second kappa shape index (κ2) is 5.53. The first-order valence-electron chi connectivity index (χ1n) is 6.83. The monoisotopic (exact) mass is 270 g/mol. The standard InChI is InChI=1S/C13H22N2O2S/c14-11(18)13(6-4-7-13)12(17)15-8-3-1-2-5-10(15)9-16/h10,16H,1-9H2,(H2,14,18). The maximum Gasteiger partial charge on any atom is 0.235 e. The Labute approximate surface area is 114 Å². The van der Waals surface area contributed by atoms with Crippen LogP contribution in [0.3, 0.4) is 0 Å². The van der Waals surface area contributed by atoms with E-state index in [-0.39, 0.29) is 18.6 Å². The fourth-order valence-corrected chi connectivity index (χ4v) is 3.30. The zero-order valence-corrected chi connectivity index (χ0v) is 11.5. The molecule has 1 atom stereocenters. The fraction of sp³-hybridized carbons (Fsp3) is 0.846. The lowest BCUT2D eigenvalue weighted by molar-refractivity contribution is -0.145. The van der Waals surface area contributed by atoms with Crippen molar-refractivity contribution in [3.63, 3.8) is 0 Å². The normalized spacial score (nSPS) is 27.2. The topological polar surface area (TPSA) is 66.6 Å². The molecule has 1 amide bonds. The highest BCUT2D eigenvalue weighted by Crippen LogP contribution is 2.43. The van der Waals surface area contributed by atoms with Crippen LogP contribution in [-0.4, -0.2) is 40.1 Å². The third-order valence-electron chi connectivity index (χ3n) is 4.44. The summed E-state index contributed by atoms with van der Waals surface area (Å²) in [5.41, 5.74) is 5.18. The van der Waals surface area contributed by atoms with Gasteiger partial charge in [-0.2, -0.15) is 0 Å². The van der Waals surface area contributed by atoms with Crippen molar-refractivity contribution in [2.75, 3.05) is 13.2 Å². The van der Waals surface area contributed by atoms with Gasteiger partial charge in [0.15, 0.2) is 0 Å². The number of aliphatic hydroxyl groups excluding tert-OH is 1. The van der Waals surface area contributed by atoms with Gasteiger partial charge in [0.25, 0.3) is 0 Å². The van der Waals surface area contributed by atoms with Crippen molar-refractivity contribution in [1.82, 2.24) is 4.90 Å². The number of nitrogens with zero attached hydrogens (tertiary/aromatic N) is 1. The molecule has 1 saturated carbocycles. The summed E-state index contributed by atoms with van der Waals surface area (Å²) in [7, 11) is 0. The van der Waals surface area contributed by atoms with Gasteiger partial charge in [-0.3, -0.25) is 4.79 Å². The molecule has 0 spiro atoms. The van der Waals surface area contributed by atoms with Crippen molar-refractivity contribution in [1.29, 1.82) is 0 Å². The van der Waals surface area contributed by atoms with Gasteiger partial charge in [0.1, 0.15) is 0 Å².